The molecule has 98 valence electrons. The van der Waals surface area contributed by atoms with Crippen molar-refractivity contribution < 1.29 is 14.3 Å². The molecule has 1 fully saturated rings. The Kier molecular flexibility index (Phi) is 4.24. The number of carbonyl (C=O) groups excluding carboxylic acids is 1. The molecule has 0 radical (unpaired) electrons. The second-order valence-corrected chi connectivity index (χ2v) is 4.76. The van der Waals surface area contributed by atoms with Gasteiger partial charge in [-0.05, 0) is 44.7 Å². The van der Waals surface area contributed by atoms with Crippen molar-refractivity contribution in [1.29, 1.82) is 0 Å². The minimum atomic E-state index is 0.0293. The largest absolute Gasteiger partial charge is 0.494 e. The average Bonchev–Trinajstić information content (AvgIpc) is 2.27. The molecule has 0 aromatic heterocycles. The van der Waals surface area contributed by atoms with Crippen LogP contribution in [0.1, 0.15) is 43.5 Å². The second kappa shape index (κ2) is 5.89. The molecule has 0 aliphatic heterocycles. The Morgan fingerprint density at radius 1 is 1.33 bits per heavy atom. The summed E-state index contributed by atoms with van der Waals surface area (Å²) in [6, 6.07) is 5.42. The van der Waals surface area contributed by atoms with Gasteiger partial charge in [0.05, 0.1) is 18.8 Å². The SMILES string of the molecule is CCOc1ccc(C(C)=O)c(OCC2CCC2)c1. The molecule has 3 nitrogen and oxygen atoms in total. The number of rotatable bonds is 6. The van der Waals surface area contributed by atoms with E-state index in [0.29, 0.717) is 30.4 Å². The zero-order valence-electron chi connectivity index (χ0n) is 11.1. The summed E-state index contributed by atoms with van der Waals surface area (Å²) >= 11 is 0. The molecule has 0 atom stereocenters. The Bertz CT molecular complexity index is 422. The van der Waals surface area contributed by atoms with Gasteiger partial charge in [0.1, 0.15) is 11.5 Å². The summed E-state index contributed by atoms with van der Waals surface area (Å²) in [5.41, 5.74) is 0.637. The van der Waals surface area contributed by atoms with Crippen molar-refractivity contribution in [2.24, 2.45) is 5.92 Å². The minimum Gasteiger partial charge on any atom is -0.494 e. The molecule has 1 aromatic rings. The monoisotopic (exact) mass is 248 g/mol. The van der Waals surface area contributed by atoms with Crippen LogP contribution in [-0.4, -0.2) is 19.0 Å². The van der Waals surface area contributed by atoms with Crippen molar-refractivity contribution in [3.8, 4) is 11.5 Å². The van der Waals surface area contributed by atoms with E-state index in [4.69, 9.17) is 9.47 Å². The van der Waals surface area contributed by atoms with Gasteiger partial charge in [-0.2, -0.15) is 0 Å². The van der Waals surface area contributed by atoms with E-state index in [2.05, 4.69) is 0 Å². The quantitative estimate of drug-likeness (QED) is 0.723. The lowest BCUT2D eigenvalue weighted by Gasteiger charge is -2.25. The van der Waals surface area contributed by atoms with Crippen molar-refractivity contribution in [1.82, 2.24) is 0 Å². The standard InChI is InChI=1S/C15H20O3/c1-3-17-13-7-8-14(11(2)16)15(9-13)18-10-12-5-4-6-12/h7-9,12H,3-6,10H2,1-2H3. The van der Waals surface area contributed by atoms with Crippen LogP contribution >= 0.6 is 0 Å². The third kappa shape index (κ3) is 3.03. The van der Waals surface area contributed by atoms with Crippen LogP contribution in [0.3, 0.4) is 0 Å². The number of ether oxygens (including phenoxy) is 2. The zero-order chi connectivity index (χ0) is 13.0. The average molecular weight is 248 g/mol. The van der Waals surface area contributed by atoms with Gasteiger partial charge < -0.3 is 9.47 Å². The predicted octanol–water partition coefficient (Wildman–Crippen LogP) is 3.47. The van der Waals surface area contributed by atoms with Gasteiger partial charge in [-0.15, -0.1) is 0 Å². The Morgan fingerprint density at radius 3 is 2.67 bits per heavy atom. The fourth-order valence-corrected chi connectivity index (χ4v) is 2.04. The van der Waals surface area contributed by atoms with Crippen molar-refractivity contribution in [3.05, 3.63) is 23.8 Å². The molecule has 1 saturated carbocycles. The van der Waals surface area contributed by atoms with Gasteiger partial charge in [0.25, 0.3) is 0 Å². The van der Waals surface area contributed by atoms with Crippen molar-refractivity contribution in [2.45, 2.75) is 33.1 Å². The maximum absolute atomic E-state index is 11.5. The molecule has 0 bridgehead atoms. The molecule has 1 aromatic carbocycles. The van der Waals surface area contributed by atoms with Crippen LogP contribution < -0.4 is 9.47 Å². The van der Waals surface area contributed by atoms with Gasteiger partial charge in [0, 0.05) is 6.07 Å². The van der Waals surface area contributed by atoms with Gasteiger partial charge in [0.2, 0.25) is 0 Å². The highest BCUT2D eigenvalue weighted by atomic mass is 16.5. The van der Waals surface area contributed by atoms with Crippen molar-refractivity contribution in [3.63, 3.8) is 0 Å². The third-order valence-corrected chi connectivity index (χ3v) is 3.34. The van der Waals surface area contributed by atoms with E-state index in [9.17, 15) is 4.79 Å². The van der Waals surface area contributed by atoms with Crippen LogP contribution in [0.15, 0.2) is 18.2 Å². The van der Waals surface area contributed by atoms with Gasteiger partial charge in [-0.3, -0.25) is 4.79 Å². The minimum absolute atomic E-state index is 0.0293. The van der Waals surface area contributed by atoms with Crippen LogP contribution in [0, 0.1) is 5.92 Å². The molecule has 1 aliphatic rings. The number of hydrogen-bond acceptors (Lipinski definition) is 3. The lowest BCUT2D eigenvalue weighted by atomic mass is 9.86. The fourth-order valence-electron chi connectivity index (χ4n) is 2.04. The first kappa shape index (κ1) is 12.9. The van der Waals surface area contributed by atoms with E-state index < -0.39 is 0 Å². The predicted molar refractivity (Wildman–Crippen MR) is 70.5 cm³/mol. The number of carbonyl (C=O) groups is 1. The Balaban J connectivity index is 2.11. The van der Waals surface area contributed by atoms with E-state index in [-0.39, 0.29) is 5.78 Å². The first-order valence-electron chi connectivity index (χ1n) is 6.61. The number of Topliss-reactive ketones (excluding diaryl/α,β-unsaturated/α-hetero) is 1. The first-order valence-corrected chi connectivity index (χ1v) is 6.61. The van der Waals surface area contributed by atoms with E-state index >= 15 is 0 Å². The van der Waals surface area contributed by atoms with Crippen molar-refractivity contribution >= 4 is 5.78 Å². The Labute approximate surface area is 108 Å². The first-order chi connectivity index (χ1) is 8.70. The second-order valence-electron chi connectivity index (χ2n) is 4.76. The molecule has 0 unspecified atom stereocenters. The van der Waals surface area contributed by atoms with E-state index in [1.807, 2.05) is 19.1 Å². The van der Waals surface area contributed by atoms with Gasteiger partial charge in [-0.25, -0.2) is 0 Å². The summed E-state index contributed by atoms with van der Waals surface area (Å²) in [6.07, 6.45) is 3.77. The highest BCUT2D eigenvalue weighted by molar-refractivity contribution is 5.97. The third-order valence-electron chi connectivity index (χ3n) is 3.34. The highest BCUT2D eigenvalue weighted by Gasteiger charge is 2.19. The molecule has 3 heteroatoms. The van der Waals surface area contributed by atoms with Gasteiger partial charge in [-0.1, -0.05) is 6.42 Å². The summed E-state index contributed by atoms with van der Waals surface area (Å²) in [5, 5.41) is 0. The summed E-state index contributed by atoms with van der Waals surface area (Å²) in [7, 11) is 0. The van der Waals surface area contributed by atoms with Crippen LogP contribution in [0.25, 0.3) is 0 Å². The van der Waals surface area contributed by atoms with E-state index in [1.54, 1.807) is 13.0 Å². The molecular weight excluding hydrogens is 228 g/mol. The van der Waals surface area contributed by atoms with E-state index in [1.165, 1.54) is 19.3 Å². The summed E-state index contributed by atoms with van der Waals surface area (Å²) in [6.45, 7) is 4.82. The Hall–Kier alpha value is -1.51. The summed E-state index contributed by atoms with van der Waals surface area (Å²) in [4.78, 5) is 11.5. The lowest BCUT2D eigenvalue weighted by Crippen LogP contribution is -2.20. The maximum atomic E-state index is 11.5. The molecule has 0 spiro atoms. The number of hydrogen-bond donors (Lipinski definition) is 0. The molecule has 0 saturated heterocycles. The summed E-state index contributed by atoms with van der Waals surface area (Å²) < 4.78 is 11.2. The highest BCUT2D eigenvalue weighted by Crippen LogP contribution is 2.30. The molecule has 0 heterocycles. The van der Waals surface area contributed by atoms with Gasteiger partial charge >= 0.3 is 0 Å². The van der Waals surface area contributed by atoms with Crippen LogP contribution in [0.5, 0.6) is 11.5 Å². The maximum Gasteiger partial charge on any atom is 0.163 e. The summed E-state index contributed by atoms with van der Waals surface area (Å²) in [5.74, 6) is 2.09. The molecule has 18 heavy (non-hydrogen) atoms. The van der Waals surface area contributed by atoms with Crippen LogP contribution in [0.4, 0.5) is 0 Å². The molecule has 0 N–H and O–H groups in total. The van der Waals surface area contributed by atoms with Gasteiger partial charge in [0.15, 0.2) is 5.78 Å². The van der Waals surface area contributed by atoms with Crippen LogP contribution in [0.2, 0.25) is 0 Å². The molecule has 2 rings (SSSR count). The smallest absolute Gasteiger partial charge is 0.163 e. The molecular formula is C15H20O3. The fraction of sp³-hybridized carbons (Fsp3) is 0.533. The molecule has 1 aliphatic carbocycles. The lowest BCUT2D eigenvalue weighted by molar-refractivity contribution is 0.101. The number of benzene rings is 1. The normalized spacial score (nSPS) is 15.0. The topological polar surface area (TPSA) is 35.5 Å². The number of ketones is 1. The zero-order valence-corrected chi connectivity index (χ0v) is 11.1. The Morgan fingerprint density at radius 2 is 2.11 bits per heavy atom. The molecule has 0 amide bonds. The van der Waals surface area contributed by atoms with Crippen LogP contribution in [-0.2, 0) is 0 Å². The van der Waals surface area contributed by atoms with Crippen molar-refractivity contribution in [2.75, 3.05) is 13.2 Å². The van der Waals surface area contributed by atoms with E-state index in [0.717, 1.165) is 5.75 Å².